The van der Waals surface area contributed by atoms with E-state index in [0.29, 0.717) is 11.1 Å². The van der Waals surface area contributed by atoms with Crippen LogP contribution in [0.25, 0.3) is 0 Å². The van der Waals surface area contributed by atoms with Crippen molar-refractivity contribution in [2.75, 3.05) is 0 Å². The molecule has 0 unspecified atom stereocenters. The van der Waals surface area contributed by atoms with Crippen LogP contribution < -0.4 is 10.9 Å². The number of ketones is 1. The number of Topliss-reactive ketones (excluding diaryl/α,β-unsaturated/α-hetero) is 1. The molecule has 5 heteroatoms. The van der Waals surface area contributed by atoms with Crippen molar-refractivity contribution in [3.63, 3.8) is 0 Å². The highest BCUT2D eigenvalue weighted by Crippen LogP contribution is 2.10. The van der Waals surface area contributed by atoms with E-state index >= 15 is 0 Å². The maximum Gasteiger partial charge on any atom is 0.269 e. The minimum Gasteiger partial charge on any atom is -0.294 e. The van der Waals surface area contributed by atoms with E-state index < -0.39 is 5.91 Å². The Bertz CT molecular complexity index is 780. The molecule has 0 bridgehead atoms. The average molecular weight is 366 g/mol. The number of hydrogen-bond acceptors (Lipinski definition) is 3. The Morgan fingerprint density at radius 2 is 1.33 bits per heavy atom. The van der Waals surface area contributed by atoms with Crippen LogP contribution >= 0.6 is 0 Å². The molecule has 0 aliphatic rings. The van der Waals surface area contributed by atoms with Crippen LogP contribution in [0.3, 0.4) is 0 Å². The summed E-state index contributed by atoms with van der Waals surface area (Å²) >= 11 is 0. The molecular formula is C22H26N2O3. The molecule has 0 saturated carbocycles. The van der Waals surface area contributed by atoms with Gasteiger partial charge >= 0.3 is 0 Å². The van der Waals surface area contributed by atoms with Crippen LogP contribution in [0.5, 0.6) is 0 Å². The molecule has 0 heterocycles. The number of carbonyl (C=O) groups is 3. The molecule has 0 saturated heterocycles. The van der Waals surface area contributed by atoms with Crippen LogP contribution in [0, 0.1) is 0 Å². The summed E-state index contributed by atoms with van der Waals surface area (Å²) in [5.74, 6) is -0.872. The summed E-state index contributed by atoms with van der Waals surface area (Å²) < 4.78 is 0. The van der Waals surface area contributed by atoms with Crippen molar-refractivity contribution in [1.82, 2.24) is 10.9 Å². The average Bonchev–Trinajstić information content (AvgIpc) is 2.71. The summed E-state index contributed by atoms with van der Waals surface area (Å²) in [4.78, 5) is 36.0. The number of benzene rings is 2. The zero-order chi connectivity index (χ0) is 19.6. The Labute approximate surface area is 160 Å². The van der Waals surface area contributed by atoms with Gasteiger partial charge in [-0.25, -0.2) is 0 Å². The fourth-order valence-electron chi connectivity index (χ4n) is 2.67. The van der Waals surface area contributed by atoms with Gasteiger partial charge in [-0.2, -0.15) is 0 Å². The normalized spacial score (nSPS) is 10.3. The maximum atomic E-state index is 12.2. The second-order valence-corrected chi connectivity index (χ2v) is 6.42. The molecule has 0 aromatic heterocycles. The summed E-state index contributed by atoms with van der Waals surface area (Å²) in [7, 11) is 0. The van der Waals surface area contributed by atoms with E-state index in [0.717, 1.165) is 24.8 Å². The van der Waals surface area contributed by atoms with Gasteiger partial charge in [0.2, 0.25) is 5.91 Å². The molecule has 142 valence electrons. The quantitative estimate of drug-likeness (QED) is 0.553. The molecule has 5 nitrogen and oxygen atoms in total. The molecule has 2 amide bonds. The Hall–Kier alpha value is -2.95. The molecule has 0 fully saturated rings. The molecule has 0 aliphatic heterocycles. The first-order valence-corrected chi connectivity index (χ1v) is 9.33. The van der Waals surface area contributed by atoms with Crippen molar-refractivity contribution in [3.8, 4) is 0 Å². The van der Waals surface area contributed by atoms with E-state index in [1.54, 1.807) is 24.3 Å². The van der Waals surface area contributed by atoms with Gasteiger partial charge in [-0.3, -0.25) is 25.2 Å². The first kappa shape index (κ1) is 20.4. The minimum absolute atomic E-state index is 0.0184. The van der Waals surface area contributed by atoms with Crippen LogP contribution in [0.15, 0.2) is 48.5 Å². The van der Waals surface area contributed by atoms with E-state index in [-0.39, 0.29) is 24.5 Å². The first-order chi connectivity index (χ1) is 13.0. The topological polar surface area (TPSA) is 75.3 Å². The fourth-order valence-corrected chi connectivity index (χ4v) is 2.67. The van der Waals surface area contributed by atoms with Gasteiger partial charge in [0.05, 0.1) is 0 Å². The van der Waals surface area contributed by atoms with Crippen molar-refractivity contribution in [3.05, 3.63) is 70.8 Å². The lowest BCUT2D eigenvalue weighted by molar-refractivity contribution is -0.121. The lowest BCUT2D eigenvalue weighted by Gasteiger charge is -2.08. The molecule has 2 rings (SSSR count). The molecule has 0 atom stereocenters. The van der Waals surface area contributed by atoms with Crippen LogP contribution in [-0.2, 0) is 17.6 Å². The number of carbonyl (C=O) groups excluding carboxylic acids is 3. The largest absolute Gasteiger partial charge is 0.294 e. The highest BCUT2D eigenvalue weighted by molar-refractivity contribution is 5.98. The van der Waals surface area contributed by atoms with Crippen molar-refractivity contribution < 1.29 is 14.4 Å². The van der Waals surface area contributed by atoms with E-state index in [2.05, 4.69) is 17.8 Å². The lowest BCUT2D eigenvalue weighted by Crippen LogP contribution is -2.41. The second-order valence-electron chi connectivity index (χ2n) is 6.42. The molecule has 0 aliphatic carbocycles. The minimum atomic E-state index is -0.399. The maximum absolute atomic E-state index is 12.2. The van der Waals surface area contributed by atoms with Crippen LogP contribution in [-0.4, -0.2) is 17.6 Å². The van der Waals surface area contributed by atoms with Gasteiger partial charge in [0.1, 0.15) is 0 Å². The number of amides is 2. The third kappa shape index (κ3) is 6.37. The zero-order valence-corrected chi connectivity index (χ0v) is 15.9. The van der Waals surface area contributed by atoms with Gasteiger partial charge in [-0.05, 0) is 36.1 Å². The summed E-state index contributed by atoms with van der Waals surface area (Å²) in [6.45, 7) is 4.15. The molecule has 27 heavy (non-hydrogen) atoms. The Morgan fingerprint density at radius 3 is 1.93 bits per heavy atom. The first-order valence-electron chi connectivity index (χ1n) is 9.33. The van der Waals surface area contributed by atoms with Gasteiger partial charge in [-0.1, -0.05) is 56.7 Å². The van der Waals surface area contributed by atoms with E-state index in [1.165, 1.54) is 5.56 Å². The number of rotatable bonds is 8. The van der Waals surface area contributed by atoms with Gasteiger partial charge < -0.3 is 0 Å². The third-order valence-electron chi connectivity index (χ3n) is 4.33. The molecule has 2 N–H and O–H groups in total. The summed E-state index contributed by atoms with van der Waals surface area (Å²) in [6.07, 6.45) is 3.05. The molecular weight excluding hydrogens is 340 g/mol. The van der Waals surface area contributed by atoms with Crippen molar-refractivity contribution >= 4 is 17.6 Å². The number of hydrogen-bond donors (Lipinski definition) is 2. The standard InChI is InChI=1S/C22H26N2O3/c1-3-5-17-8-10-18(11-9-17)20(25)14-15-21(26)23-24-22(27)19-12-6-16(4-2)7-13-19/h6-13H,3-5,14-15H2,1-2H3,(H,23,26)(H,24,27). The predicted octanol–water partition coefficient (Wildman–Crippen LogP) is 3.63. The monoisotopic (exact) mass is 366 g/mol. The van der Waals surface area contributed by atoms with Crippen LogP contribution in [0.4, 0.5) is 0 Å². The van der Waals surface area contributed by atoms with Gasteiger partial charge in [0, 0.05) is 24.0 Å². The summed E-state index contributed by atoms with van der Waals surface area (Å²) in [6, 6.07) is 14.7. The van der Waals surface area contributed by atoms with Crippen molar-refractivity contribution in [1.29, 1.82) is 0 Å². The highest BCUT2D eigenvalue weighted by atomic mass is 16.2. The molecule has 2 aromatic rings. The lowest BCUT2D eigenvalue weighted by atomic mass is 10.0. The zero-order valence-electron chi connectivity index (χ0n) is 15.9. The molecule has 0 radical (unpaired) electrons. The van der Waals surface area contributed by atoms with Gasteiger partial charge in [0.15, 0.2) is 5.78 Å². The molecule has 2 aromatic carbocycles. The fraction of sp³-hybridized carbons (Fsp3) is 0.318. The Morgan fingerprint density at radius 1 is 0.741 bits per heavy atom. The predicted molar refractivity (Wildman–Crippen MR) is 105 cm³/mol. The van der Waals surface area contributed by atoms with Crippen molar-refractivity contribution in [2.45, 2.75) is 46.0 Å². The number of aryl methyl sites for hydroxylation is 2. The van der Waals surface area contributed by atoms with E-state index in [9.17, 15) is 14.4 Å². The number of hydrazine groups is 1. The highest BCUT2D eigenvalue weighted by Gasteiger charge is 2.11. The second kappa shape index (κ2) is 10.3. The van der Waals surface area contributed by atoms with E-state index in [4.69, 9.17) is 0 Å². The molecule has 0 spiro atoms. The van der Waals surface area contributed by atoms with Gasteiger partial charge in [0.25, 0.3) is 5.91 Å². The van der Waals surface area contributed by atoms with E-state index in [1.807, 2.05) is 31.2 Å². The Balaban J connectivity index is 1.76. The SMILES string of the molecule is CCCc1ccc(C(=O)CCC(=O)NNC(=O)c2ccc(CC)cc2)cc1. The van der Waals surface area contributed by atoms with Crippen LogP contribution in [0.1, 0.15) is 65.0 Å². The summed E-state index contributed by atoms with van der Waals surface area (Å²) in [5, 5.41) is 0. The third-order valence-corrected chi connectivity index (χ3v) is 4.33. The number of nitrogens with one attached hydrogen (secondary N) is 2. The summed E-state index contributed by atoms with van der Waals surface area (Å²) in [5.41, 5.74) is 8.12. The smallest absolute Gasteiger partial charge is 0.269 e. The van der Waals surface area contributed by atoms with Crippen LogP contribution in [0.2, 0.25) is 0 Å². The van der Waals surface area contributed by atoms with Gasteiger partial charge in [-0.15, -0.1) is 0 Å². The van der Waals surface area contributed by atoms with Crippen molar-refractivity contribution in [2.24, 2.45) is 0 Å². The Kier molecular flexibility index (Phi) is 7.74.